The maximum Gasteiger partial charge on any atom is 0.312 e. The number of rotatable bonds is 4. The molecule has 0 atom stereocenters. The van der Waals surface area contributed by atoms with Gasteiger partial charge in [0.1, 0.15) is 0 Å². The van der Waals surface area contributed by atoms with E-state index in [0.29, 0.717) is 38.2 Å². The summed E-state index contributed by atoms with van der Waals surface area (Å²) in [5.41, 5.74) is -0.967. The number of piperidine rings is 1. The van der Waals surface area contributed by atoms with Gasteiger partial charge < -0.3 is 19.8 Å². The van der Waals surface area contributed by atoms with E-state index in [1.165, 1.54) is 11.3 Å². The Morgan fingerprint density at radius 3 is 2.84 bits per heavy atom. The van der Waals surface area contributed by atoms with Crippen LogP contribution in [-0.4, -0.2) is 46.5 Å². The van der Waals surface area contributed by atoms with Crippen LogP contribution in [0.5, 0.6) is 5.88 Å². The lowest BCUT2D eigenvalue weighted by atomic mass is 9.93. The van der Waals surface area contributed by atoms with E-state index in [1.807, 2.05) is 4.90 Å². The summed E-state index contributed by atoms with van der Waals surface area (Å²) >= 11 is 1.41. The molecule has 1 aromatic heterocycles. The minimum Gasteiger partial charge on any atom is -0.406 e. The summed E-state index contributed by atoms with van der Waals surface area (Å²) in [5.74, 6) is 0.0278. The van der Waals surface area contributed by atoms with Gasteiger partial charge in [-0.2, -0.15) is 4.98 Å². The van der Waals surface area contributed by atoms with Crippen LogP contribution >= 0.6 is 11.3 Å². The summed E-state index contributed by atoms with van der Waals surface area (Å²) in [7, 11) is 0. The fourth-order valence-corrected chi connectivity index (χ4v) is 2.68. The van der Waals surface area contributed by atoms with Crippen molar-refractivity contribution in [2.75, 3.05) is 24.6 Å². The second kappa shape index (κ2) is 5.85. The first-order valence-electron chi connectivity index (χ1n) is 6.31. The lowest BCUT2D eigenvalue weighted by Gasteiger charge is -2.36. The Balaban J connectivity index is 1.95. The molecule has 7 heteroatoms. The van der Waals surface area contributed by atoms with Crippen LogP contribution in [0.2, 0.25) is 0 Å². The van der Waals surface area contributed by atoms with Crippen LogP contribution in [0.15, 0.2) is 5.38 Å². The van der Waals surface area contributed by atoms with E-state index in [2.05, 4.69) is 4.98 Å². The van der Waals surface area contributed by atoms with Gasteiger partial charge in [-0.1, -0.05) is 6.92 Å². The molecule has 0 aliphatic carbocycles. The molecular weight excluding hydrogens is 268 g/mol. The monoisotopic (exact) mass is 286 g/mol. The van der Waals surface area contributed by atoms with Crippen LogP contribution in [0.25, 0.3) is 0 Å². The van der Waals surface area contributed by atoms with Gasteiger partial charge in [-0.25, -0.2) is 0 Å². The summed E-state index contributed by atoms with van der Waals surface area (Å²) < 4.78 is 5.04. The predicted octanol–water partition coefficient (Wildman–Crippen LogP) is 0.782. The number of carbonyl (C=O) groups excluding carboxylic acids is 1. The van der Waals surface area contributed by atoms with Gasteiger partial charge in [0.2, 0.25) is 5.88 Å². The Hall–Kier alpha value is -1.18. The Morgan fingerprint density at radius 2 is 2.26 bits per heavy atom. The first kappa shape index (κ1) is 14.2. The van der Waals surface area contributed by atoms with E-state index in [4.69, 9.17) is 9.84 Å². The van der Waals surface area contributed by atoms with Crippen molar-refractivity contribution in [3.63, 3.8) is 0 Å². The molecular formula is C12H18N2O4S. The first-order valence-corrected chi connectivity index (χ1v) is 7.18. The maximum absolute atomic E-state index is 11.2. The van der Waals surface area contributed by atoms with E-state index >= 15 is 0 Å². The van der Waals surface area contributed by atoms with Gasteiger partial charge in [0, 0.05) is 19.5 Å². The van der Waals surface area contributed by atoms with E-state index in [9.17, 15) is 9.90 Å². The molecule has 2 rings (SSSR count). The van der Waals surface area contributed by atoms with Gasteiger partial charge in [-0.3, -0.25) is 4.79 Å². The fraction of sp³-hybridized carbons (Fsp3) is 0.667. The highest BCUT2D eigenvalue weighted by Gasteiger charge is 2.32. The van der Waals surface area contributed by atoms with E-state index in [0.717, 1.165) is 5.13 Å². The molecule has 6 nitrogen and oxygen atoms in total. The topological polar surface area (TPSA) is 82.9 Å². The molecule has 0 bridgehead atoms. The summed E-state index contributed by atoms with van der Waals surface area (Å²) in [4.78, 5) is 17.4. The molecule has 0 radical (unpaired) electrons. The van der Waals surface area contributed by atoms with Crippen molar-refractivity contribution >= 4 is 22.4 Å². The third kappa shape index (κ3) is 3.43. The molecule has 0 spiro atoms. The minimum absolute atomic E-state index is 0.210. The van der Waals surface area contributed by atoms with Crippen molar-refractivity contribution in [2.45, 2.75) is 31.8 Å². The zero-order valence-corrected chi connectivity index (χ0v) is 11.7. The zero-order chi connectivity index (χ0) is 13.9. The van der Waals surface area contributed by atoms with Gasteiger partial charge >= 0.3 is 5.97 Å². The van der Waals surface area contributed by atoms with E-state index in [-0.39, 0.29) is 12.6 Å². The smallest absolute Gasteiger partial charge is 0.312 e. The quantitative estimate of drug-likeness (QED) is 0.796. The number of hydrogen-bond acceptors (Lipinski definition) is 7. The van der Waals surface area contributed by atoms with Crippen LogP contribution < -0.4 is 9.64 Å². The number of aliphatic hydroxyl groups is 2. The van der Waals surface area contributed by atoms with Crippen LogP contribution in [0.4, 0.5) is 5.13 Å². The maximum atomic E-state index is 11.2. The largest absolute Gasteiger partial charge is 0.406 e. The zero-order valence-electron chi connectivity index (χ0n) is 10.8. The first-order chi connectivity index (χ1) is 9.06. The average molecular weight is 286 g/mol. The van der Waals surface area contributed by atoms with Crippen molar-refractivity contribution < 1.29 is 19.7 Å². The molecule has 0 aromatic carbocycles. The molecule has 1 aromatic rings. The van der Waals surface area contributed by atoms with Gasteiger partial charge in [0.25, 0.3) is 0 Å². The third-order valence-corrected chi connectivity index (χ3v) is 4.12. The number of anilines is 1. The fourth-order valence-electron chi connectivity index (χ4n) is 1.90. The Labute approximate surface area is 115 Å². The molecule has 2 heterocycles. The van der Waals surface area contributed by atoms with Crippen LogP contribution in [0, 0.1) is 0 Å². The molecule has 1 saturated heterocycles. The van der Waals surface area contributed by atoms with Gasteiger partial charge in [0.15, 0.2) is 5.13 Å². The second-order valence-corrected chi connectivity index (χ2v) is 5.50. The van der Waals surface area contributed by atoms with Crippen LogP contribution in [-0.2, 0) is 4.79 Å². The summed E-state index contributed by atoms with van der Waals surface area (Å²) in [6.07, 6.45) is 1.33. The Kier molecular flexibility index (Phi) is 4.38. The van der Waals surface area contributed by atoms with E-state index < -0.39 is 5.60 Å². The van der Waals surface area contributed by atoms with Crippen molar-refractivity contribution in [3.8, 4) is 5.88 Å². The van der Waals surface area contributed by atoms with Crippen LogP contribution in [0.1, 0.15) is 26.2 Å². The van der Waals surface area contributed by atoms with Crippen molar-refractivity contribution in [1.29, 1.82) is 0 Å². The number of hydrogen-bond donors (Lipinski definition) is 2. The van der Waals surface area contributed by atoms with Gasteiger partial charge in [-0.15, -0.1) is 11.3 Å². The number of esters is 1. The van der Waals surface area contributed by atoms with Crippen LogP contribution in [0.3, 0.4) is 0 Å². The molecule has 0 saturated carbocycles. The minimum atomic E-state index is -0.967. The summed E-state index contributed by atoms with van der Waals surface area (Å²) in [6.45, 7) is 2.78. The Morgan fingerprint density at radius 1 is 1.58 bits per heavy atom. The molecule has 1 fully saturated rings. The van der Waals surface area contributed by atoms with Gasteiger partial charge in [0.05, 0.1) is 17.6 Å². The molecule has 1 aliphatic rings. The molecule has 0 unspecified atom stereocenters. The summed E-state index contributed by atoms with van der Waals surface area (Å²) in [5, 5.41) is 21.5. The third-order valence-electron chi connectivity index (χ3n) is 3.24. The second-order valence-electron chi connectivity index (χ2n) is 4.67. The summed E-state index contributed by atoms with van der Waals surface area (Å²) in [6, 6.07) is 0. The highest BCUT2D eigenvalue weighted by molar-refractivity contribution is 7.13. The Bertz CT molecular complexity index is 441. The number of ether oxygens (including phenoxy) is 1. The highest BCUT2D eigenvalue weighted by atomic mass is 32.1. The average Bonchev–Trinajstić information content (AvgIpc) is 2.88. The SMILES string of the molecule is CCC(=O)Oc1csc(N2CCC(O)(CO)CC2)n1. The lowest BCUT2D eigenvalue weighted by Crippen LogP contribution is -2.46. The normalized spacial score (nSPS) is 18.4. The predicted molar refractivity (Wildman–Crippen MR) is 71.5 cm³/mol. The number of carbonyl (C=O) groups is 1. The molecule has 2 N–H and O–H groups in total. The molecule has 0 amide bonds. The number of nitrogens with zero attached hydrogens (tertiary/aromatic N) is 2. The molecule has 106 valence electrons. The number of thiazole rings is 1. The molecule has 1 aliphatic heterocycles. The standard InChI is InChI=1S/C12H18N2O4S/c1-2-10(16)18-9-7-19-11(13-9)14-5-3-12(17,8-15)4-6-14/h7,15,17H,2-6,8H2,1H3. The van der Waals surface area contributed by atoms with Gasteiger partial charge in [-0.05, 0) is 12.8 Å². The lowest BCUT2D eigenvalue weighted by molar-refractivity contribution is -0.134. The van der Waals surface area contributed by atoms with Crippen molar-refractivity contribution in [3.05, 3.63) is 5.38 Å². The van der Waals surface area contributed by atoms with E-state index in [1.54, 1.807) is 12.3 Å². The number of aliphatic hydroxyl groups excluding tert-OH is 1. The van der Waals surface area contributed by atoms with Crippen molar-refractivity contribution in [1.82, 2.24) is 4.98 Å². The van der Waals surface area contributed by atoms with Crippen molar-refractivity contribution in [2.24, 2.45) is 0 Å². The highest BCUT2D eigenvalue weighted by Crippen LogP contribution is 2.30. The molecule has 19 heavy (non-hydrogen) atoms. The number of aromatic nitrogens is 1.